The molecule has 6 heteroatoms. The molecule has 1 saturated carbocycles. The Labute approximate surface area is 155 Å². The summed E-state index contributed by atoms with van der Waals surface area (Å²) in [6, 6.07) is 5.58. The fourth-order valence-corrected chi connectivity index (χ4v) is 4.19. The van der Waals surface area contributed by atoms with Gasteiger partial charge in [0.2, 0.25) is 5.91 Å². The van der Waals surface area contributed by atoms with Gasteiger partial charge in [0.05, 0.1) is 6.54 Å². The molecule has 2 aliphatic rings. The van der Waals surface area contributed by atoms with Crippen LogP contribution in [0.5, 0.6) is 0 Å². The van der Waals surface area contributed by atoms with Gasteiger partial charge in [-0.25, -0.2) is 0 Å². The SMILES string of the molecule is Cc1cc(Cl)ccc1NC(=O)CN1CCNCC12CCCCC2.Cl. The van der Waals surface area contributed by atoms with Gasteiger partial charge in [-0.1, -0.05) is 30.9 Å². The van der Waals surface area contributed by atoms with Crippen molar-refractivity contribution in [1.29, 1.82) is 0 Å². The molecule has 0 atom stereocenters. The molecule has 1 amide bonds. The first-order valence-electron chi connectivity index (χ1n) is 8.61. The largest absolute Gasteiger partial charge is 0.325 e. The molecule has 2 fully saturated rings. The fraction of sp³-hybridized carbons (Fsp3) is 0.611. The van der Waals surface area contributed by atoms with E-state index < -0.39 is 0 Å². The predicted octanol–water partition coefficient (Wildman–Crippen LogP) is 3.62. The molecule has 0 aromatic heterocycles. The van der Waals surface area contributed by atoms with Gasteiger partial charge in [0.15, 0.2) is 0 Å². The van der Waals surface area contributed by atoms with Gasteiger partial charge >= 0.3 is 0 Å². The van der Waals surface area contributed by atoms with Gasteiger partial charge in [0.25, 0.3) is 0 Å². The van der Waals surface area contributed by atoms with E-state index in [0.29, 0.717) is 11.6 Å². The Morgan fingerprint density at radius 1 is 1.33 bits per heavy atom. The summed E-state index contributed by atoms with van der Waals surface area (Å²) >= 11 is 5.98. The number of rotatable bonds is 3. The van der Waals surface area contributed by atoms with Crippen molar-refractivity contribution in [1.82, 2.24) is 10.2 Å². The molecular weight excluding hydrogens is 345 g/mol. The standard InChI is InChI=1S/C18H26ClN3O.ClH/c1-14-11-15(19)5-6-16(14)21-17(23)12-22-10-9-20-13-18(22)7-3-2-4-8-18;/h5-6,11,20H,2-4,7-10,12-13H2,1H3,(H,21,23);1H. The van der Waals surface area contributed by atoms with E-state index in [9.17, 15) is 4.79 Å². The Kier molecular flexibility index (Phi) is 6.93. The highest BCUT2D eigenvalue weighted by atomic mass is 35.5. The van der Waals surface area contributed by atoms with Crippen LogP contribution in [0.4, 0.5) is 5.69 Å². The van der Waals surface area contributed by atoms with E-state index in [1.165, 1.54) is 32.1 Å². The molecule has 1 aliphatic heterocycles. The lowest BCUT2D eigenvalue weighted by molar-refractivity contribution is -0.120. The topological polar surface area (TPSA) is 44.4 Å². The monoisotopic (exact) mass is 371 g/mol. The van der Waals surface area contributed by atoms with Crippen LogP contribution in [-0.4, -0.2) is 42.5 Å². The van der Waals surface area contributed by atoms with Crippen LogP contribution in [0, 0.1) is 6.92 Å². The van der Waals surface area contributed by atoms with E-state index in [1.54, 1.807) is 0 Å². The Balaban J connectivity index is 0.00000208. The predicted molar refractivity (Wildman–Crippen MR) is 102 cm³/mol. The van der Waals surface area contributed by atoms with E-state index in [2.05, 4.69) is 15.5 Å². The van der Waals surface area contributed by atoms with Crippen LogP contribution in [0.3, 0.4) is 0 Å². The lowest BCUT2D eigenvalue weighted by atomic mass is 9.79. The number of benzene rings is 1. The van der Waals surface area contributed by atoms with Crippen LogP contribution < -0.4 is 10.6 Å². The number of carbonyl (C=O) groups is 1. The highest BCUT2D eigenvalue weighted by Crippen LogP contribution is 2.34. The molecule has 3 rings (SSSR count). The summed E-state index contributed by atoms with van der Waals surface area (Å²) in [5, 5.41) is 7.27. The van der Waals surface area contributed by atoms with Crippen molar-refractivity contribution in [3.8, 4) is 0 Å². The van der Waals surface area contributed by atoms with E-state index in [-0.39, 0.29) is 23.9 Å². The number of nitrogens with zero attached hydrogens (tertiary/aromatic N) is 1. The molecule has 4 nitrogen and oxygen atoms in total. The zero-order valence-electron chi connectivity index (χ0n) is 14.2. The fourth-order valence-electron chi connectivity index (χ4n) is 3.96. The van der Waals surface area contributed by atoms with Crippen molar-refractivity contribution in [2.45, 2.75) is 44.6 Å². The van der Waals surface area contributed by atoms with Crippen molar-refractivity contribution in [3.63, 3.8) is 0 Å². The number of nitrogens with one attached hydrogen (secondary N) is 2. The lowest BCUT2D eigenvalue weighted by Crippen LogP contribution is -2.63. The number of hydrogen-bond acceptors (Lipinski definition) is 3. The Hall–Kier alpha value is -0.810. The van der Waals surface area contributed by atoms with Crippen molar-refractivity contribution >= 4 is 35.6 Å². The third-order valence-electron chi connectivity index (χ3n) is 5.26. The summed E-state index contributed by atoms with van der Waals surface area (Å²) in [5.41, 5.74) is 2.04. The molecule has 1 heterocycles. The number of aryl methyl sites for hydroxylation is 1. The molecule has 1 saturated heterocycles. The zero-order valence-corrected chi connectivity index (χ0v) is 15.8. The quantitative estimate of drug-likeness (QED) is 0.852. The second kappa shape index (κ2) is 8.52. The highest BCUT2D eigenvalue weighted by Gasteiger charge is 2.40. The van der Waals surface area contributed by atoms with Crippen LogP contribution in [0.1, 0.15) is 37.7 Å². The summed E-state index contributed by atoms with van der Waals surface area (Å²) in [5.74, 6) is 0.0715. The summed E-state index contributed by atoms with van der Waals surface area (Å²) < 4.78 is 0. The van der Waals surface area contributed by atoms with Gasteiger partial charge in [-0.15, -0.1) is 12.4 Å². The maximum absolute atomic E-state index is 12.5. The van der Waals surface area contributed by atoms with Crippen LogP contribution in [0.15, 0.2) is 18.2 Å². The number of piperazine rings is 1. The number of amides is 1. The van der Waals surface area contributed by atoms with Crippen molar-refractivity contribution in [3.05, 3.63) is 28.8 Å². The van der Waals surface area contributed by atoms with Gasteiger partial charge in [-0.2, -0.15) is 0 Å². The van der Waals surface area contributed by atoms with Crippen molar-refractivity contribution < 1.29 is 4.79 Å². The van der Waals surface area contributed by atoms with Crippen LogP contribution in [0.25, 0.3) is 0 Å². The first-order valence-corrected chi connectivity index (χ1v) is 8.99. The summed E-state index contributed by atoms with van der Waals surface area (Å²) in [6.45, 7) is 5.38. The maximum Gasteiger partial charge on any atom is 0.238 e. The van der Waals surface area contributed by atoms with E-state index in [1.807, 2.05) is 25.1 Å². The number of anilines is 1. The molecule has 1 aromatic carbocycles. The average molecular weight is 372 g/mol. The molecular formula is C18H27Cl2N3O. The van der Waals surface area contributed by atoms with Gasteiger partial charge in [-0.05, 0) is 43.5 Å². The van der Waals surface area contributed by atoms with Crippen molar-refractivity contribution in [2.24, 2.45) is 0 Å². The molecule has 1 aromatic rings. The summed E-state index contributed by atoms with van der Waals surface area (Å²) in [7, 11) is 0. The molecule has 0 unspecified atom stereocenters. The molecule has 0 bridgehead atoms. The molecule has 24 heavy (non-hydrogen) atoms. The number of hydrogen-bond donors (Lipinski definition) is 2. The van der Waals surface area contributed by atoms with Gasteiger partial charge in [0, 0.05) is 35.9 Å². The van der Waals surface area contributed by atoms with Crippen LogP contribution in [-0.2, 0) is 4.79 Å². The maximum atomic E-state index is 12.5. The molecule has 134 valence electrons. The first kappa shape index (κ1) is 19.5. The van der Waals surface area contributed by atoms with Crippen molar-refractivity contribution in [2.75, 3.05) is 31.5 Å². The van der Waals surface area contributed by atoms with E-state index >= 15 is 0 Å². The van der Waals surface area contributed by atoms with E-state index in [0.717, 1.165) is 30.9 Å². The molecule has 2 N–H and O–H groups in total. The van der Waals surface area contributed by atoms with Gasteiger partial charge in [0.1, 0.15) is 0 Å². The second-order valence-corrected chi connectivity index (χ2v) is 7.33. The van der Waals surface area contributed by atoms with Gasteiger partial charge < -0.3 is 10.6 Å². The van der Waals surface area contributed by atoms with Crippen LogP contribution >= 0.6 is 24.0 Å². The smallest absolute Gasteiger partial charge is 0.238 e. The number of carbonyl (C=O) groups excluding carboxylic acids is 1. The molecule has 1 aliphatic carbocycles. The Bertz CT molecular complexity index is 565. The second-order valence-electron chi connectivity index (χ2n) is 6.89. The normalized spacial score (nSPS) is 20.4. The minimum atomic E-state index is 0. The van der Waals surface area contributed by atoms with Gasteiger partial charge in [-0.3, -0.25) is 9.69 Å². The average Bonchev–Trinajstić information content (AvgIpc) is 2.53. The Morgan fingerprint density at radius 2 is 2.08 bits per heavy atom. The number of halogens is 2. The van der Waals surface area contributed by atoms with E-state index in [4.69, 9.17) is 11.6 Å². The minimum absolute atomic E-state index is 0. The third kappa shape index (κ3) is 4.42. The zero-order chi connectivity index (χ0) is 16.3. The lowest BCUT2D eigenvalue weighted by Gasteiger charge is -2.49. The molecule has 1 spiro atoms. The summed E-state index contributed by atoms with van der Waals surface area (Å²) in [4.78, 5) is 14.9. The first-order chi connectivity index (χ1) is 11.1. The Morgan fingerprint density at radius 3 is 2.79 bits per heavy atom. The third-order valence-corrected chi connectivity index (χ3v) is 5.50. The highest BCUT2D eigenvalue weighted by molar-refractivity contribution is 6.30. The summed E-state index contributed by atoms with van der Waals surface area (Å²) in [6.07, 6.45) is 6.28. The van der Waals surface area contributed by atoms with Crippen LogP contribution in [0.2, 0.25) is 5.02 Å². The minimum Gasteiger partial charge on any atom is -0.325 e. The molecule has 0 radical (unpaired) electrons.